The second-order valence-electron chi connectivity index (χ2n) is 11.5. The molecule has 0 radical (unpaired) electrons. The van der Waals surface area contributed by atoms with E-state index in [0.717, 1.165) is 28.7 Å². The van der Waals surface area contributed by atoms with Crippen molar-refractivity contribution < 1.29 is 31.4 Å². The highest BCUT2D eigenvalue weighted by molar-refractivity contribution is 7.23. The first-order valence-electron chi connectivity index (χ1n) is 14.3. The molecule has 3 aliphatic heterocycles. The van der Waals surface area contributed by atoms with Crippen molar-refractivity contribution >= 4 is 54.7 Å². The molecule has 0 saturated carbocycles. The van der Waals surface area contributed by atoms with Gasteiger partial charge in [0.1, 0.15) is 47.6 Å². The number of nitrogens with two attached hydrogens (primary N) is 1. The molecule has 3 atom stereocenters. The van der Waals surface area contributed by atoms with Gasteiger partial charge in [-0.25, -0.2) is 22.0 Å². The van der Waals surface area contributed by atoms with Crippen LogP contribution < -0.4 is 20.1 Å². The summed E-state index contributed by atoms with van der Waals surface area (Å²) in [4.78, 5) is 11.7. The van der Waals surface area contributed by atoms with Gasteiger partial charge in [-0.15, -0.1) is 11.3 Å². The number of aromatic nitrogens is 2. The summed E-state index contributed by atoms with van der Waals surface area (Å²) in [5.41, 5.74) is 4.56. The Morgan fingerprint density at radius 1 is 1.24 bits per heavy atom. The first-order chi connectivity index (χ1) is 22.1. The van der Waals surface area contributed by atoms with Gasteiger partial charge in [0.05, 0.1) is 38.8 Å². The van der Waals surface area contributed by atoms with Gasteiger partial charge >= 0.3 is 6.01 Å². The molecular weight excluding hydrogens is 653 g/mol. The second kappa shape index (κ2) is 11.3. The van der Waals surface area contributed by atoms with E-state index in [9.17, 15) is 28.1 Å². The van der Waals surface area contributed by atoms with Crippen LogP contribution in [0.2, 0.25) is 5.02 Å². The molecule has 2 saturated heterocycles. The molecule has 4 aromatic rings. The van der Waals surface area contributed by atoms with Gasteiger partial charge in [-0.2, -0.15) is 20.5 Å². The molecule has 2 N–H and O–H groups in total. The van der Waals surface area contributed by atoms with Crippen molar-refractivity contribution in [2.75, 3.05) is 43.5 Å². The molecule has 0 bridgehead atoms. The van der Waals surface area contributed by atoms with Gasteiger partial charge in [-0.1, -0.05) is 17.7 Å². The molecule has 0 aliphatic carbocycles. The van der Waals surface area contributed by atoms with Crippen molar-refractivity contribution in [1.29, 1.82) is 10.5 Å². The quantitative estimate of drug-likeness (QED) is 0.238. The monoisotopic (exact) mass is 675 g/mol. The highest BCUT2D eigenvalue weighted by Gasteiger charge is 2.49. The number of rotatable bonds is 6. The first kappa shape index (κ1) is 30.5. The lowest BCUT2D eigenvalue weighted by atomic mass is 9.95. The minimum atomic E-state index is -2.92. The lowest BCUT2D eigenvalue weighted by Gasteiger charge is -2.31. The summed E-state index contributed by atoms with van der Waals surface area (Å²) in [6, 6.07) is 4.50. The molecule has 2 aromatic carbocycles. The third-order valence-corrected chi connectivity index (χ3v) is 10.3. The number of anilines is 2. The zero-order valence-corrected chi connectivity index (χ0v) is 25.4. The molecule has 2 fully saturated rings. The maximum absolute atomic E-state index is 16.9. The van der Waals surface area contributed by atoms with Crippen LogP contribution in [0.3, 0.4) is 0 Å². The van der Waals surface area contributed by atoms with E-state index in [-0.39, 0.29) is 79.3 Å². The van der Waals surface area contributed by atoms with Crippen LogP contribution in [-0.4, -0.2) is 71.9 Å². The van der Waals surface area contributed by atoms with Crippen LogP contribution in [0.4, 0.5) is 32.8 Å². The normalized spacial score (nSPS) is 22.6. The average molecular weight is 676 g/mol. The Kier molecular flexibility index (Phi) is 7.46. The minimum absolute atomic E-state index is 0.00273. The second-order valence-corrected chi connectivity index (χ2v) is 12.9. The first-order valence-corrected chi connectivity index (χ1v) is 15.5. The Morgan fingerprint density at radius 2 is 2.04 bits per heavy atom. The molecule has 0 spiro atoms. The molecule has 7 rings (SSSR count). The van der Waals surface area contributed by atoms with E-state index < -0.39 is 54.5 Å². The highest BCUT2D eigenvalue weighted by atomic mass is 35.5. The van der Waals surface area contributed by atoms with Crippen LogP contribution in [-0.2, 0) is 0 Å². The summed E-state index contributed by atoms with van der Waals surface area (Å²) in [5.74, 6) is -2.20. The van der Waals surface area contributed by atoms with Gasteiger partial charge in [-0.3, -0.25) is 4.90 Å². The smallest absolute Gasteiger partial charge is 0.319 e. The summed E-state index contributed by atoms with van der Waals surface area (Å²) < 4.78 is 85.9. The topological polar surface area (TPSA) is 124 Å². The van der Waals surface area contributed by atoms with Crippen molar-refractivity contribution in [3.05, 3.63) is 34.4 Å². The maximum Gasteiger partial charge on any atom is 0.319 e. The van der Waals surface area contributed by atoms with Gasteiger partial charge in [-0.05, 0) is 31.0 Å². The van der Waals surface area contributed by atoms with Gasteiger partial charge in [0.15, 0.2) is 17.6 Å². The number of halogens is 6. The number of nitrogen functional groups attached to an aromatic ring is 1. The van der Waals surface area contributed by atoms with Crippen molar-refractivity contribution in [1.82, 2.24) is 14.9 Å². The SMILES string of the molecule is N#Cc1c(N)sc2c(F)ccc(-c3c(Cl)c4c5c(nc(OC[C@@]67CCCN6C[C@H](F)C7)nc5c3F)N(CC(F)F)[C@@H](C#N)CO4)c12. The number of benzene rings is 2. The Morgan fingerprint density at radius 3 is 2.78 bits per heavy atom. The fourth-order valence-electron chi connectivity index (χ4n) is 6.90. The van der Waals surface area contributed by atoms with E-state index in [1.807, 2.05) is 17.0 Å². The van der Waals surface area contributed by atoms with Crippen LogP contribution in [0.5, 0.6) is 11.8 Å². The molecule has 46 heavy (non-hydrogen) atoms. The summed E-state index contributed by atoms with van der Waals surface area (Å²) in [5, 5.41) is 19.3. The van der Waals surface area contributed by atoms with Crippen molar-refractivity contribution in [2.45, 2.75) is 43.4 Å². The standard InChI is InChI=1S/C30H23ClF5N7O2S/c31-22-20(15-2-3-17(33)26-19(15)16(8-38)27(39)46-26)23(36)24-21-25(22)44-11-14(7-37)43(10-18(34)35)28(21)41-29(40-24)45-12-30-4-1-5-42(30)9-13(32)6-30/h2-3,13-14,18H,1,4-6,9-12,39H2/t13-,14+,30+/m1/s1. The Labute approximate surface area is 267 Å². The third kappa shape index (κ3) is 4.63. The maximum atomic E-state index is 16.9. The van der Waals surface area contributed by atoms with Gasteiger partial charge < -0.3 is 20.1 Å². The van der Waals surface area contributed by atoms with Crippen molar-refractivity contribution in [2.24, 2.45) is 0 Å². The lowest BCUT2D eigenvalue weighted by molar-refractivity contribution is 0.107. The van der Waals surface area contributed by atoms with E-state index in [2.05, 4.69) is 9.97 Å². The van der Waals surface area contributed by atoms with E-state index in [1.54, 1.807) is 0 Å². The van der Waals surface area contributed by atoms with Crippen LogP contribution in [0, 0.1) is 34.3 Å². The Bertz CT molecular complexity index is 2000. The zero-order valence-electron chi connectivity index (χ0n) is 23.8. The van der Waals surface area contributed by atoms with E-state index in [1.165, 1.54) is 6.07 Å². The molecular formula is C30H23ClF5N7O2S. The molecule has 238 valence electrons. The van der Waals surface area contributed by atoms with E-state index in [0.29, 0.717) is 13.0 Å². The molecule has 5 heterocycles. The van der Waals surface area contributed by atoms with Crippen molar-refractivity contribution in [3.63, 3.8) is 0 Å². The van der Waals surface area contributed by atoms with Gasteiger partial charge in [0.25, 0.3) is 6.43 Å². The number of hydrogen-bond donors (Lipinski definition) is 1. The van der Waals surface area contributed by atoms with Gasteiger partial charge in [0, 0.05) is 23.9 Å². The highest BCUT2D eigenvalue weighted by Crippen LogP contribution is 2.51. The molecule has 3 aliphatic rings. The van der Waals surface area contributed by atoms with E-state index >= 15 is 4.39 Å². The summed E-state index contributed by atoms with van der Waals surface area (Å²) in [6.45, 7) is -0.508. The molecule has 16 heteroatoms. The number of alkyl halides is 3. The summed E-state index contributed by atoms with van der Waals surface area (Å²) in [6.07, 6.45) is -2.27. The molecule has 2 aromatic heterocycles. The minimum Gasteiger partial charge on any atom is -0.488 e. The largest absolute Gasteiger partial charge is 0.488 e. The summed E-state index contributed by atoms with van der Waals surface area (Å²) in [7, 11) is 0. The number of fused-ring (bicyclic) bond motifs is 2. The number of nitriles is 2. The average Bonchev–Trinajstić information content (AvgIpc) is 3.63. The fraction of sp³-hybridized carbons (Fsp3) is 0.400. The zero-order chi connectivity index (χ0) is 32.5. The molecule has 9 nitrogen and oxygen atoms in total. The fourth-order valence-corrected chi connectivity index (χ4v) is 8.19. The van der Waals surface area contributed by atoms with Crippen LogP contribution in [0.1, 0.15) is 24.8 Å². The lowest BCUT2D eigenvalue weighted by Crippen LogP contribution is -2.43. The van der Waals surface area contributed by atoms with Gasteiger partial charge in [0.2, 0.25) is 0 Å². The number of hydrogen-bond acceptors (Lipinski definition) is 10. The molecule has 0 amide bonds. The number of thiophene rings is 1. The van der Waals surface area contributed by atoms with Crippen LogP contribution >= 0.6 is 22.9 Å². The summed E-state index contributed by atoms with van der Waals surface area (Å²) >= 11 is 7.62. The van der Waals surface area contributed by atoms with Crippen LogP contribution in [0.15, 0.2) is 12.1 Å². The molecule has 0 unspecified atom stereocenters. The van der Waals surface area contributed by atoms with Crippen LogP contribution in [0.25, 0.3) is 32.1 Å². The van der Waals surface area contributed by atoms with E-state index in [4.69, 9.17) is 26.8 Å². The predicted octanol–water partition coefficient (Wildman–Crippen LogP) is 6.21. The van der Waals surface area contributed by atoms with Crippen molar-refractivity contribution in [3.8, 4) is 35.0 Å². The Balaban J connectivity index is 1.47. The Hall–Kier alpha value is -4.18. The predicted molar refractivity (Wildman–Crippen MR) is 161 cm³/mol. The number of nitrogens with zero attached hydrogens (tertiary/aromatic N) is 6. The number of ether oxygens (including phenoxy) is 2. The third-order valence-electron chi connectivity index (χ3n) is 8.89.